The minimum absolute atomic E-state index is 0.0185. The molecule has 1 aliphatic heterocycles. The summed E-state index contributed by atoms with van der Waals surface area (Å²) in [5.41, 5.74) is 4.32. The fraction of sp³-hybridized carbons (Fsp3) is 0.517. The quantitative estimate of drug-likeness (QED) is 0.418. The van der Waals surface area contributed by atoms with E-state index in [2.05, 4.69) is 15.4 Å². The fourth-order valence-electron chi connectivity index (χ4n) is 4.39. The van der Waals surface area contributed by atoms with Gasteiger partial charge in [-0.05, 0) is 40.0 Å². The van der Waals surface area contributed by atoms with Crippen LogP contribution < -0.4 is 15.0 Å². The predicted octanol–water partition coefficient (Wildman–Crippen LogP) is 2.75. The molecule has 2 N–H and O–H groups in total. The number of rotatable bonds is 8. The second kappa shape index (κ2) is 14.8. The van der Waals surface area contributed by atoms with E-state index in [4.69, 9.17) is 24.0 Å². The van der Waals surface area contributed by atoms with Gasteiger partial charge in [0.1, 0.15) is 30.0 Å². The molecule has 0 aliphatic carbocycles. The maximum Gasteiger partial charge on any atom is 0.318 e. The topological polar surface area (TPSA) is 129 Å². The largest absolute Gasteiger partial charge is 0.491 e. The number of anilines is 1. The Morgan fingerprint density at radius 2 is 1.80 bits per heavy atom. The maximum atomic E-state index is 10.7. The van der Waals surface area contributed by atoms with Crippen molar-refractivity contribution in [3.63, 3.8) is 0 Å². The van der Waals surface area contributed by atoms with Crippen molar-refractivity contribution in [1.29, 1.82) is 0 Å². The van der Waals surface area contributed by atoms with E-state index in [1.807, 2.05) is 45.0 Å². The van der Waals surface area contributed by atoms with Gasteiger partial charge in [-0.2, -0.15) is 0 Å². The molecule has 2 amide bonds. The van der Waals surface area contributed by atoms with Crippen LogP contribution in [0.5, 0.6) is 5.75 Å². The number of ether oxygens (including phenoxy) is 2. The van der Waals surface area contributed by atoms with Crippen LogP contribution in [0.2, 0.25) is 0 Å². The Kier molecular flexibility index (Phi) is 11.4. The average Bonchev–Trinajstić information content (AvgIpc) is 3.30. The summed E-state index contributed by atoms with van der Waals surface area (Å²) in [6.07, 6.45) is -0.589. The standard InChI is InChI=1S/C24H31N5O4.C5H12N2O/c1-15-22(21-16(2)28-33-17(21)3)26-23(27-24(15)29-8-10-31-11-9-29)18-6-5-7-20(12-18)32-14-19(30)13-25-4;1-6(2)5(8)7(3)4/h5-7,12,19,25,30H,8-11,13-14H2,1-4H3;1-4H3. The monoisotopic (exact) mass is 569 g/mol. The predicted molar refractivity (Wildman–Crippen MR) is 158 cm³/mol. The molecule has 12 nitrogen and oxygen atoms in total. The first kappa shape index (κ1) is 31.8. The summed E-state index contributed by atoms with van der Waals surface area (Å²) in [6.45, 7) is 9.39. The number of aliphatic hydroxyl groups is 1. The number of aryl methyl sites for hydroxylation is 2. The number of amides is 2. The second-order valence-corrected chi connectivity index (χ2v) is 10.3. The lowest BCUT2D eigenvalue weighted by molar-refractivity contribution is 0.108. The molecule has 1 atom stereocenters. The van der Waals surface area contributed by atoms with Crippen molar-refractivity contribution in [1.82, 2.24) is 30.2 Å². The van der Waals surface area contributed by atoms with E-state index >= 15 is 0 Å². The Morgan fingerprint density at radius 3 is 2.37 bits per heavy atom. The molecule has 0 bridgehead atoms. The van der Waals surface area contributed by atoms with Crippen molar-refractivity contribution >= 4 is 11.8 Å². The number of likely N-dealkylation sites (N-methyl/N-ethyl adjacent to an activating group) is 1. The molecule has 224 valence electrons. The van der Waals surface area contributed by atoms with Gasteiger partial charge in [-0.1, -0.05) is 17.3 Å². The molecule has 1 saturated heterocycles. The zero-order valence-corrected chi connectivity index (χ0v) is 25.4. The van der Waals surface area contributed by atoms with E-state index in [0.29, 0.717) is 31.3 Å². The highest BCUT2D eigenvalue weighted by atomic mass is 16.5. The highest BCUT2D eigenvalue weighted by Gasteiger charge is 2.24. The fourth-order valence-corrected chi connectivity index (χ4v) is 4.39. The summed E-state index contributed by atoms with van der Waals surface area (Å²) in [5.74, 6) is 2.86. The van der Waals surface area contributed by atoms with Gasteiger partial charge < -0.3 is 39.1 Å². The van der Waals surface area contributed by atoms with Gasteiger partial charge in [0.15, 0.2) is 5.82 Å². The number of nitrogens with zero attached hydrogens (tertiary/aromatic N) is 6. The van der Waals surface area contributed by atoms with Crippen LogP contribution in [0.3, 0.4) is 0 Å². The molecule has 12 heteroatoms. The van der Waals surface area contributed by atoms with E-state index in [0.717, 1.165) is 52.7 Å². The third kappa shape index (κ3) is 8.38. The number of aliphatic hydroxyl groups excluding tert-OH is 1. The van der Waals surface area contributed by atoms with Gasteiger partial charge in [0.25, 0.3) is 0 Å². The van der Waals surface area contributed by atoms with Crippen LogP contribution in [0.4, 0.5) is 10.6 Å². The van der Waals surface area contributed by atoms with Crippen molar-refractivity contribution in [2.45, 2.75) is 26.9 Å². The number of hydrogen-bond acceptors (Lipinski definition) is 10. The molecule has 3 heterocycles. The summed E-state index contributed by atoms with van der Waals surface area (Å²) in [6, 6.07) is 7.65. The number of morpholine rings is 1. The van der Waals surface area contributed by atoms with E-state index in [-0.39, 0.29) is 12.6 Å². The Morgan fingerprint density at radius 1 is 1.12 bits per heavy atom. The zero-order valence-electron chi connectivity index (χ0n) is 25.4. The van der Waals surface area contributed by atoms with Gasteiger partial charge in [0.05, 0.1) is 30.2 Å². The van der Waals surface area contributed by atoms with E-state index in [9.17, 15) is 9.90 Å². The molecule has 1 aromatic carbocycles. The lowest BCUT2D eigenvalue weighted by atomic mass is 10.0. The molecule has 3 aromatic rings. The Bertz CT molecular complexity index is 1260. The lowest BCUT2D eigenvalue weighted by Gasteiger charge is -2.30. The number of carbonyl (C=O) groups excluding carboxylic acids is 1. The van der Waals surface area contributed by atoms with Crippen molar-refractivity contribution in [3.8, 4) is 28.4 Å². The molecule has 1 fully saturated rings. The molecule has 0 spiro atoms. The van der Waals surface area contributed by atoms with E-state index < -0.39 is 6.10 Å². The molecular formula is C29H43N7O5. The van der Waals surface area contributed by atoms with Gasteiger partial charge in [0, 0.05) is 59.0 Å². The molecule has 0 radical (unpaired) electrons. The van der Waals surface area contributed by atoms with Crippen molar-refractivity contribution in [3.05, 3.63) is 41.3 Å². The highest BCUT2D eigenvalue weighted by Crippen LogP contribution is 2.35. The molecular weight excluding hydrogens is 526 g/mol. The van der Waals surface area contributed by atoms with Crippen LogP contribution in [0.1, 0.15) is 17.0 Å². The summed E-state index contributed by atoms with van der Waals surface area (Å²) < 4.78 is 16.8. The van der Waals surface area contributed by atoms with Gasteiger partial charge in [0.2, 0.25) is 0 Å². The van der Waals surface area contributed by atoms with Crippen molar-refractivity contribution < 1.29 is 23.9 Å². The number of urea groups is 1. The van der Waals surface area contributed by atoms with E-state index in [1.165, 1.54) is 9.80 Å². The Labute approximate surface area is 242 Å². The van der Waals surface area contributed by atoms with Gasteiger partial charge >= 0.3 is 6.03 Å². The Balaban J connectivity index is 0.000000507. The first-order valence-electron chi connectivity index (χ1n) is 13.6. The zero-order chi connectivity index (χ0) is 30.1. The van der Waals surface area contributed by atoms with Crippen LogP contribution in [-0.4, -0.2) is 117 Å². The number of hydrogen-bond donors (Lipinski definition) is 2. The van der Waals surface area contributed by atoms with Crippen LogP contribution in [0.25, 0.3) is 22.6 Å². The SMILES string of the molecule is CN(C)C(=O)N(C)C.CNCC(O)COc1cccc(-c2nc(-c3c(C)noc3C)c(C)c(N3CCOCC3)n2)c1. The summed E-state index contributed by atoms with van der Waals surface area (Å²) in [7, 11) is 8.69. The first-order chi connectivity index (χ1) is 19.5. The minimum atomic E-state index is -0.589. The number of benzene rings is 1. The van der Waals surface area contributed by atoms with Crippen molar-refractivity contribution in [2.75, 3.05) is 79.6 Å². The van der Waals surface area contributed by atoms with Crippen molar-refractivity contribution in [2.24, 2.45) is 0 Å². The maximum absolute atomic E-state index is 10.7. The summed E-state index contributed by atoms with van der Waals surface area (Å²) in [5, 5.41) is 17.0. The molecule has 41 heavy (non-hydrogen) atoms. The first-order valence-corrected chi connectivity index (χ1v) is 13.6. The average molecular weight is 570 g/mol. The normalized spacial score (nSPS) is 13.7. The van der Waals surface area contributed by atoms with Crippen LogP contribution in [0, 0.1) is 20.8 Å². The molecule has 1 aliphatic rings. The summed E-state index contributed by atoms with van der Waals surface area (Å²) >= 11 is 0. The lowest BCUT2D eigenvalue weighted by Crippen LogP contribution is -2.37. The smallest absolute Gasteiger partial charge is 0.318 e. The van der Waals surface area contributed by atoms with Crippen LogP contribution in [-0.2, 0) is 4.74 Å². The van der Waals surface area contributed by atoms with E-state index in [1.54, 1.807) is 35.2 Å². The second-order valence-electron chi connectivity index (χ2n) is 10.3. The number of nitrogens with one attached hydrogen (secondary N) is 1. The number of carbonyl (C=O) groups is 1. The van der Waals surface area contributed by atoms with Crippen LogP contribution >= 0.6 is 0 Å². The summed E-state index contributed by atoms with van der Waals surface area (Å²) in [4.78, 5) is 25.9. The van der Waals surface area contributed by atoms with Gasteiger partial charge in [-0.15, -0.1) is 0 Å². The Hall–Kier alpha value is -3.74. The molecule has 2 aromatic heterocycles. The van der Waals surface area contributed by atoms with Crippen LogP contribution in [0.15, 0.2) is 28.8 Å². The molecule has 4 rings (SSSR count). The number of aromatic nitrogens is 3. The third-order valence-corrected chi connectivity index (χ3v) is 6.44. The van der Waals surface area contributed by atoms with Gasteiger partial charge in [-0.3, -0.25) is 0 Å². The minimum Gasteiger partial charge on any atom is -0.491 e. The van der Waals surface area contributed by atoms with Gasteiger partial charge in [-0.25, -0.2) is 14.8 Å². The highest BCUT2D eigenvalue weighted by molar-refractivity contribution is 5.75. The molecule has 0 saturated carbocycles. The molecule has 1 unspecified atom stereocenters. The third-order valence-electron chi connectivity index (χ3n) is 6.44.